The molecule has 0 spiro atoms. The standard InChI is InChI=1S/C12H21F.CH3Cl/c13-12-8-4-7-11(9-12)10-5-2-1-3-6-10;1-2/h10-12H,1-9H2;1H3. The summed E-state index contributed by atoms with van der Waals surface area (Å²) in [5.74, 6) is 1.62. The summed E-state index contributed by atoms with van der Waals surface area (Å²) in [5, 5.41) is 0. The van der Waals surface area contributed by atoms with Gasteiger partial charge in [0.15, 0.2) is 0 Å². The van der Waals surface area contributed by atoms with Crippen LogP contribution in [0.2, 0.25) is 0 Å². The smallest absolute Gasteiger partial charge is 0.100 e. The second-order valence-corrected chi connectivity index (χ2v) is 4.92. The van der Waals surface area contributed by atoms with Crippen LogP contribution in [0.15, 0.2) is 0 Å². The number of hydrogen-bond acceptors (Lipinski definition) is 0. The topological polar surface area (TPSA) is 0 Å². The van der Waals surface area contributed by atoms with Crippen LogP contribution >= 0.6 is 11.6 Å². The molecule has 0 N–H and O–H groups in total. The molecular formula is C13H24ClF. The quantitative estimate of drug-likeness (QED) is 0.563. The Labute approximate surface area is 98.6 Å². The van der Waals surface area contributed by atoms with E-state index in [0.29, 0.717) is 0 Å². The Morgan fingerprint density at radius 1 is 0.800 bits per heavy atom. The van der Waals surface area contributed by atoms with Crippen LogP contribution in [-0.2, 0) is 0 Å². The highest BCUT2D eigenvalue weighted by molar-refractivity contribution is 6.15. The van der Waals surface area contributed by atoms with Gasteiger partial charge in [0, 0.05) is 6.38 Å². The third-order valence-corrected chi connectivity index (χ3v) is 3.97. The molecule has 0 nitrogen and oxygen atoms in total. The summed E-state index contributed by atoms with van der Waals surface area (Å²) in [4.78, 5) is 0. The van der Waals surface area contributed by atoms with E-state index < -0.39 is 6.17 Å². The number of halogens is 2. The molecule has 0 aromatic heterocycles. The minimum absolute atomic E-state index is 0.472. The first-order chi connectivity index (χ1) is 7.36. The Kier molecular flexibility index (Phi) is 6.63. The van der Waals surface area contributed by atoms with Crippen molar-refractivity contribution in [2.45, 2.75) is 64.0 Å². The van der Waals surface area contributed by atoms with E-state index in [-0.39, 0.29) is 0 Å². The van der Waals surface area contributed by atoms with Gasteiger partial charge in [-0.15, -0.1) is 11.6 Å². The van der Waals surface area contributed by atoms with Crippen molar-refractivity contribution < 1.29 is 4.39 Å². The fraction of sp³-hybridized carbons (Fsp3) is 1.00. The van der Waals surface area contributed by atoms with Crippen molar-refractivity contribution in [3.8, 4) is 0 Å². The van der Waals surface area contributed by atoms with Crippen molar-refractivity contribution in [1.29, 1.82) is 0 Å². The summed E-state index contributed by atoms with van der Waals surface area (Å²) >= 11 is 4.64. The van der Waals surface area contributed by atoms with Crippen molar-refractivity contribution in [2.75, 3.05) is 6.38 Å². The Morgan fingerprint density at radius 3 is 2.00 bits per heavy atom. The number of rotatable bonds is 1. The van der Waals surface area contributed by atoms with E-state index in [2.05, 4.69) is 11.6 Å². The summed E-state index contributed by atoms with van der Waals surface area (Å²) < 4.78 is 13.2. The van der Waals surface area contributed by atoms with E-state index in [0.717, 1.165) is 31.1 Å². The van der Waals surface area contributed by atoms with Crippen LogP contribution in [-0.4, -0.2) is 12.6 Å². The minimum Gasteiger partial charge on any atom is -0.247 e. The first-order valence-corrected chi connectivity index (χ1v) is 7.13. The van der Waals surface area contributed by atoms with Gasteiger partial charge in [0.1, 0.15) is 6.17 Å². The average molecular weight is 235 g/mol. The normalized spacial score (nSPS) is 33.0. The lowest BCUT2D eigenvalue weighted by Crippen LogP contribution is -2.25. The number of alkyl halides is 2. The molecule has 0 aromatic carbocycles. The molecule has 90 valence electrons. The zero-order valence-electron chi connectivity index (χ0n) is 9.85. The molecule has 0 heterocycles. The van der Waals surface area contributed by atoms with Crippen LogP contribution < -0.4 is 0 Å². The average Bonchev–Trinajstić information content (AvgIpc) is 2.33. The lowest BCUT2D eigenvalue weighted by Gasteiger charge is -2.34. The molecule has 2 atom stereocenters. The summed E-state index contributed by atoms with van der Waals surface area (Å²) in [6.07, 6.45) is 12.2. The largest absolute Gasteiger partial charge is 0.247 e. The lowest BCUT2D eigenvalue weighted by atomic mass is 9.73. The van der Waals surface area contributed by atoms with Gasteiger partial charge in [-0.25, -0.2) is 4.39 Å². The van der Waals surface area contributed by atoms with Gasteiger partial charge in [0.2, 0.25) is 0 Å². The van der Waals surface area contributed by atoms with E-state index >= 15 is 0 Å². The monoisotopic (exact) mass is 234 g/mol. The summed E-state index contributed by atoms with van der Waals surface area (Å²) in [6.45, 7) is 0. The molecule has 0 saturated heterocycles. The van der Waals surface area contributed by atoms with Crippen LogP contribution in [0.25, 0.3) is 0 Å². The molecule has 0 radical (unpaired) electrons. The fourth-order valence-corrected chi connectivity index (χ4v) is 3.20. The third kappa shape index (κ3) is 4.30. The van der Waals surface area contributed by atoms with Gasteiger partial charge >= 0.3 is 0 Å². The maximum Gasteiger partial charge on any atom is 0.100 e. The molecule has 0 bridgehead atoms. The zero-order valence-corrected chi connectivity index (χ0v) is 10.6. The van der Waals surface area contributed by atoms with E-state index in [1.165, 1.54) is 44.9 Å². The Bertz CT molecular complexity index is 155. The highest BCUT2D eigenvalue weighted by Gasteiger charge is 2.28. The van der Waals surface area contributed by atoms with Gasteiger partial charge in [-0.1, -0.05) is 38.5 Å². The summed E-state index contributed by atoms with van der Waals surface area (Å²) in [7, 11) is 0. The highest BCUT2D eigenvalue weighted by Crippen LogP contribution is 2.38. The minimum atomic E-state index is -0.472. The summed E-state index contributed by atoms with van der Waals surface area (Å²) in [5.41, 5.74) is 0. The molecule has 2 heteroatoms. The molecule has 2 aliphatic carbocycles. The van der Waals surface area contributed by atoms with E-state index in [9.17, 15) is 4.39 Å². The van der Waals surface area contributed by atoms with Crippen molar-refractivity contribution in [3.05, 3.63) is 0 Å². The first kappa shape index (κ1) is 13.3. The zero-order chi connectivity index (χ0) is 11.1. The molecule has 0 aliphatic heterocycles. The van der Waals surface area contributed by atoms with Crippen molar-refractivity contribution in [3.63, 3.8) is 0 Å². The predicted molar refractivity (Wildman–Crippen MR) is 65.2 cm³/mol. The Hall–Kier alpha value is 0.220. The van der Waals surface area contributed by atoms with Crippen LogP contribution in [0, 0.1) is 11.8 Å². The van der Waals surface area contributed by atoms with Crippen molar-refractivity contribution >= 4 is 11.6 Å². The third-order valence-electron chi connectivity index (χ3n) is 3.97. The van der Waals surface area contributed by atoms with E-state index in [1.54, 1.807) is 0 Å². The Balaban J connectivity index is 0.000000531. The van der Waals surface area contributed by atoms with Crippen LogP contribution in [0.5, 0.6) is 0 Å². The summed E-state index contributed by atoms with van der Waals surface area (Å²) in [6, 6.07) is 0. The van der Waals surface area contributed by atoms with Crippen molar-refractivity contribution in [1.82, 2.24) is 0 Å². The second-order valence-electron chi connectivity index (χ2n) is 4.92. The predicted octanol–water partition coefficient (Wildman–Crippen LogP) is 4.95. The van der Waals surface area contributed by atoms with Crippen LogP contribution in [0.3, 0.4) is 0 Å². The highest BCUT2D eigenvalue weighted by atomic mass is 35.5. The van der Waals surface area contributed by atoms with Gasteiger partial charge in [-0.2, -0.15) is 0 Å². The maximum absolute atomic E-state index is 13.2. The van der Waals surface area contributed by atoms with E-state index in [4.69, 9.17) is 0 Å². The Morgan fingerprint density at radius 2 is 1.40 bits per heavy atom. The molecule has 2 rings (SSSR count). The van der Waals surface area contributed by atoms with Crippen LogP contribution in [0.1, 0.15) is 57.8 Å². The molecule has 15 heavy (non-hydrogen) atoms. The molecule has 2 saturated carbocycles. The lowest BCUT2D eigenvalue weighted by molar-refractivity contribution is 0.131. The van der Waals surface area contributed by atoms with Crippen LogP contribution in [0.4, 0.5) is 4.39 Å². The second kappa shape index (κ2) is 7.49. The molecule has 2 fully saturated rings. The molecule has 2 aliphatic rings. The first-order valence-electron chi connectivity index (χ1n) is 6.38. The van der Waals surface area contributed by atoms with Gasteiger partial charge < -0.3 is 0 Å². The molecule has 2 unspecified atom stereocenters. The van der Waals surface area contributed by atoms with Gasteiger partial charge in [0.25, 0.3) is 0 Å². The van der Waals surface area contributed by atoms with Crippen molar-refractivity contribution in [2.24, 2.45) is 11.8 Å². The molecule has 0 aromatic rings. The van der Waals surface area contributed by atoms with Gasteiger partial charge in [0.05, 0.1) is 0 Å². The molecular weight excluding hydrogens is 211 g/mol. The van der Waals surface area contributed by atoms with Gasteiger partial charge in [-0.05, 0) is 31.1 Å². The van der Waals surface area contributed by atoms with E-state index in [1.807, 2.05) is 0 Å². The molecule has 0 amide bonds. The maximum atomic E-state index is 13.2. The number of hydrogen-bond donors (Lipinski definition) is 0. The fourth-order valence-electron chi connectivity index (χ4n) is 3.20. The SMILES string of the molecule is CCl.FC1CCCC(C2CCCCC2)C1. The van der Waals surface area contributed by atoms with Gasteiger partial charge in [-0.3, -0.25) is 0 Å².